The predicted molar refractivity (Wildman–Crippen MR) is 117 cm³/mol. The van der Waals surface area contributed by atoms with Crippen LogP contribution in [0.3, 0.4) is 0 Å². The number of urea groups is 1. The van der Waals surface area contributed by atoms with Crippen LogP contribution in [0.2, 0.25) is 0 Å². The molecule has 0 unspecified atom stereocenters. The number of hydrogen-bond acceptors (Lipinski definition) is 7. The second-order valence-corrected chi connectivity index (χ2v) is 9.88. The van der Waals surface area contributed by atoms with Crippen molar-refractivity contribution in [1.29, 1.82) is 0 Å². The molecule has 3 aromatic rings. The summed E-state index contributed by atoms with van der Waals surface area (Å²) in [5.41, 5.74) is 7.68. The van der Waals surface area contributed by atoms with E-state index in [1.165, 1.54) is 11.3 Å². The minimum Gasteiger partial charge on any atom is -0.351 e. The molecule has 0 spiro atoms. The lowest BCUT2D eigenvalue weighted by molar-refractivity contribution is -0.117. The number of aromatic nitrogens is 2. The molecule has 3 heterocycles. The highest BCUT2D eigenvalue weighted by atomic mass is 32.2. The molecule has 2 aromatic heterocycles. The van der Waals surface area contributed by atoms with Gasteiger partial charge in [0.2, 0.25) is 5.91 Å². The number of rotatable bonds is 4. The number of carbonyl (C=O) groups excluding carboxylic acids is 2. The highest BCUT2D eigenvalue weighted by molar-refractivity contribution is 8.01. The molecular formula is C19H18N4O3S3. The zero-order valence-electron chi connectivity index (χ0n) is 15.6. The summed E-state index contributed by atoms with van der Waals surface area (Å²) in [7, 11) is 0. The zero-order valence-corrected chi connectivity index (χ0v) is 18.0. The van der Waals surface area contributed by atoms with Crippen molar-refractivity contribution < 1.29 is 9.59 Å². The van der Waals surface area contributed by atoms with Gasteiger partial charge >= 0.3 is 6.03 Å². The Bertz CT molecular complexity index is 1190. The lowest BCUT2D eigenvalue weighted by atomic mass is 10.1. The van der Waals surface area contributed by atoms with Crippen LogP contribution in [0.25, 0.3) is 15.9 Å². The number of thiophene rings is 1. The van der Waals surface area contributed by atoms with Gasteiger partial charge in [0.15, 0.2) is 5.16 Å². The minimum absolute atomic E-state index is 0.0768. The Kier molecular flexibility index (Phi) is 5.66. The van der Waals surface area contributed by atoms with E-state index in [2.05, 4.69) is 0 Å². The summed E-state index contributed by atoms with van der Waals surface area (Å²) >= 11 is 4.40. The number of carbonyl (C=O) groups is 2. The number of primary amides is 1. The summed E-state index contributed by atoms with van der Waals surface area (Å²) in [6.07, 6.45) is 1.91. The summed E-state index contributed by atoms with van der Waals surface area (Å²) in [4.78, 5) is 41.8. The highest BCUT2D eigenvalue weighted by Gasteiger charge is 2.23. The molecule has 1 aliphatic rings. The molecule has 0 fully saturated rings. The first-order valence-corrected chi connectivity index (χ1v) is 11.7. The fraction of sp³-hybridized carbons (Fsp3) is 0.263. The molecule has 3 N–H and O–H groups in total. The third-order valence-electron chi connectivity index (χ3n) is 4.42. The second-order valence-electron chi connectivity index (χ2n) is 6.58. The Balaban J connectivity index is 1.86. The molecule has 7 nitrogen and oxygen atoms in total. The van der Waals surface area contributed by atoms with E-state index in [1.54, 1.807) is 16.3 Å². The molecule has 0 saturated heterocycles. The lowest BCUT2D eigenvalue weighted by Gasteiger charge is -2.13. The summed E-state index contributed by atoms with van der Waals surface area (Å²) in [5, 5.41) is 3.12. The fourth-order valence-corrected chi connectivity index (χ4v) is 6.60. The van der Waals surface area contributed by atoms with Crippen LogP contribution in [-0.2, 0) is 11.2 Å². The van der Waals surface area contributed by atoms with Gasteiger partial charge in [-0.25, -0.2) is 9.78 Å². The van der Waals surface area contributed by atoms with Gasteiger partial charge in [0.1, 0.15) is 4.83 Å². The van der Waals surface area contributed by atoms with Crippen LogP contribution in [0.15, 0.2) is 38.4 Å². The standard InChI is InChI=1S/C19H18N4O3S3/c1-10-4-2-5-11(8-10)23-16(25)14-12-6-3-7-27-17(12)29-15(14)22-19(23)28-9-13(24)21-18(20)26/h2,4-5,8H,3,6-7,9H2,1H3,(H3,20,21,24,26). The number of nitrogens with one attached hydrogen (secondary N) is 1. The average Bonchev–Trinajstić information content (AvgIpc) is 3.04. The van der Waals surface area contributed by atoms with Crippen LogP contribution in [0.4, 0.5) is 4.79 Å². The number of fused-ring (bicyclic) bond motifs is 3. The summed E-state index contributed by atoms with van der Waals surface area (Å²) in [5.74, 6) is 0.432. The number of hydrogen-bond donors (Lipinski definition) is 2. The van der Waals surface area contributed by atoms with Crippen molar-refractivity contribution in [3.8, 4) is 5.69 Å². The molecule has 3 amide bonds. The SMILES string of the molecule is Cc1cccc(-n2c(SCC(=O)NC(N)=O)nc3sc4c(c3c2=O)CCCS4)c1. The quantitative estimate of drug-likeness (QED) is 0.471. The van der Waals surface area contributed by atoms with E-state index in [0.29, 0.717) is 21.1 Å². The molecule has 0 atom stereocenters. The Morgan fingerprint density at radius 3 is 2.97 bits per heavy atom. The average molecular weight is 447 g/mol. The molecule has 0 radical (unpaired) electrons. The van der Waals surface area contributed by atoms with Crippen LogP contribution >= 0.6 is 34.9 Å². The Hall–Kier alpha value is -2.30. The largest absolute Gasteiger partial charge is 0.351 e. The monoisotopic (exact) mass is 446 g/mol. The molecule has 29 heavy (non-hydrogen) atoms. The van der Waals surface area contributed by atoms with Crippen molar-refractivity contribution in [3.63, 3.8) is 0 Å². The number of benzene rings is 1. The first-order valence-electron chi connectivity index (χ1n) is 8.94. The van der Waals surface area contributed by atoms with Gasteiger partial charge in [-0.05, 0) is 48.8 Å². The molecule has 1 aromatic carbocycles. The number of thioether (sulfide) groups is 2. The van der Waals surface area contributed by atoms with Crippen molar-refractivity contribution in [2.75, 3.05) is 11.5 Å². The van der Waals surface area contributed by atoms with Crippen LogP contribution in [0, 0.1) is 6.92 Å². The third-order valence-corrected chi connectivity index (χ3v) is 7.88. The second kappa shape index (κ2) is 8.21. The predicted octanol–water partition coefficient (Wildman–Crippen LogP) is 3.08. The van der Waals surface area contributed by atoms with Gasteiger partial charge < -0.3 is 5.73 Å². The number of nitrogens with zero attached hydrogens (tertiary/aromatic N) is 2. The van der Waals surface area contributed by atoms with Gasteiger partial charge in [-0.3, -0.25) is 19.5 Å². The molecule has 0 aliphatic carbocycles. The fourth-order valence-electron chi connectivity index (χ4n) is 3.22. The number of nitrogens with two attached hydrogens (primary N) is 1. The highest BCUT2D eigenvalue weighted by Crippen LogP contribution is 2.40. The molecule has 0 saturated carbocycles. The molecule has 4 rings (SSSR count). The van der Waals surface area contributed by atoms with E-state index in [-0.39, 0.29) is 11.3 Å². The number of aryl methyl sites for hydroxylation is 2. The van der Waals surface area contributed by atoms with Crippen molar-refractivity contribution in [2.45, 2.75) is 29.1 Å². The Labute approximate surface area is 179 Å². The molecular weight excluding hydrogens is 428 g/mol. The minimum atomic E-state index is -0.905. The molecule has 150 valence electrons. The van der Waals surface area contributed by atoms with Crippen molar-refractivity contribution in [1.82, 2.24) is 14.9 Å². The lowest BCUT2D eigenvalue weighted by Crippen LogP contribution is -2.36. The van der Waals surface area contributed by atoms with Crippen LogP contribution in [0.5, 0.6) is 0 Å². The van der Waals surface area contributed by atoms with E-state index in [0.717, 1.165) is 45.7 Å². The van der Waals surface area contributed by atoms with Crippen LogP contribution in [-0.4, -0.2) is 33.0 Å². The van der Waals surface area contributed by atoms with Crippen LogP contribution < -0.4 is 16.6 Å². The topological polar surface area (TPSA) is 107 Å². The molecule has 10 heteroatoms. The number of amides is 3. The van der Waals surface area contributed by atoms with Crippen molar-refractivity contribution in [3.05, 3.63) is 45.7 Å². The van der Waals surface area contributed by atoms with E-state index in [9.17, 15) is 14.4 Å². The van der Waals surface area contributed by atoms with Gasteiger partial charge in [-0.15, -0.1) is 23.1 Å². The van der Waals surface area contributed by atoms with Crippen molar-refractivity contribution >= 4 is 57.0 Å². The summed E-state index contributed by atoms with van der Waals surface area (Å²) < 4.78 is 2.71. The molecule has 0 bridgehead atoms. The van der Waals surface area contributed by atoms with E-state index in [4.69, 9.17) is 10.7 Å². The summed E-state index contributed by atoms with van der Waals surface area (Å²) in [6.45, 7) is 1.96. The van der Waals surface area contributed by atoms with Crippen molar-refractivity contribution in [2.24, 2.45) is 5.73 Å². The van der Waals surface area contributed by atoms with Crippen LogP contribution in [0.1, 0.15) is 17.5 Å². The van der Waals surface area contributed by atoms with Gasteiger partial charge in [-0.1, -0.05) is 23.9 Å². The van der Waals surface area contributed by atoms with E-state index >= 15 is 0 Å². The maximum absolute atomic E-state index is 13.5. The van der Waals surface area contributed by atoms with Gasteiger partial charge in [-0.2, -0.15) is 0 Å². The third kappa shape index (κ3) is 4.05. The maximum atomic E-state index is 13.5. The zero-order chi connectivity index (χ0) is 20.5. The van der Waals surface area contributed by atoms with Gasteiger partial charge in [0.05, 0.1) is 21.0 Å². The van der Waals surface area contributed by atoms with Gasteiger partial charge in [0, 0.05) is 0 Å². The molecule has 1 aliphatic heterocycles. The van der Waals surface area contributed by atoms with Gasteiger partial charge in [0.25, 0.3) is 5.56 Å². The summed E-state index contributed by atoms with van der Waals surface area (Å²) in [6, 6.07) is 6.70. The maximum Gasteiger partial charge on any atom is 0.318 e. The normalized spacial score (nSPS) is 13.3. The van der Waals surface area contributed by atoms with E-state index in [1.807, 2.05) is 36.5 Å². The Morgan fingerprint density at radius 2 is 2.21 bits per heavy atom. The Morgan fingerprint density at radius 1 is 1.38 bits per heavy atom. The smallest absolute Gasteiger partial charge is 0.318 e. The van der Waals surface area contributed by atoms with E-state index < -0.39 is 11.9 Å². The number of imide groups is 1. The first kappa shape index (κ1) is 20.0. The first-order chi connectivity index (χ1) is 13.9.